The fourth-order valence-electron chi connectivity index (χ4n) is 3.78. The lowest BCUT2D eigenvalue weighted by molar-refractivity contribution is -0.311. The maximum atomic E-state index is 14.2. The Morgan fingerprint density at radius 2 is 1.38 bits per heavy atom. The molecule has 0 fully saturated rings. The van der Waals surface area contributed by atoms with Crippen molar-refractivity contribution in [2.45, 2.75) is 24.1 Å². The summed E-state index contributed by atoms with van der Waals surface area (Å²) in [5.74, 6) is -1.78. The van der Waals surface area contributed by atoms with E-state index in [9.17, 15) is 31.1 Å². The first-order valence-electron chi connectivity index (χ1n) is 9.52. The van der Waals surface area contributed by atoms with Crippen LogP contribution in [0.2, 0.25) is 0 Å². The summed E-state index contributed by atoms with van der Waals surface area (Å²) >= 11 is 0. The van der Waals surface area contributed by atoms with Crippen LogP contribution in [-0.2, 0) is 0 Å². The molecule has 0 aliphatic carbocycles. The van der Waals surface area contributed by atoms with Crippen molar-refractivity contribution in [2.24, 2.45) is 4.99 Å². The van der Waals surface area contributed by atoms with Gasteiger partial charge in [0.1, 0.15) is 12.0 Å². The van der Waals surface area contributed by atoms with Gasteiger partial charge in [0.2, 0.25) is 0 Å². The summed E-state index contributed by atoms with van der Waals surface area (Å²) in [6, 6.07) is 13.1. The van der Waals surface area contributed by atoms with Crippen LogP contribution in [-0.4, -0.2) is 59.7 Å². The Kier molecular flexibility index (Phi) is 6.05. The van der Waals surface area contributed by atoms with Gasteiger partial charge >= 0.3 is 12.4 Å². The van der Waals surface area contributed by atoms with E-state index >= 15 is 0 Å². The minimum atomic E-state index is -5.92. The van der Waals surface area contributed by atoms with Gasteiger partial charge in [-0.2, -0.15) is 36.9 Å². The van der Waals surface area contributed by atoms with Gasteiger partial charge in [-0.3, -0.25) is 4.79 Å². The Morgan fingerprint density at radius 3 is 1.79 bits per heavy atom. The average molecular weight is 479 g/mol. The van der Waals surface area contributed by atoms with Crippen LogP contribution in [0.25, 0.3) is 0 Å². The quantitative estimate of drug-likeness (QED) is 0.621. The summed E-state index contributed by atoms with van der Waals surface area (Å²) in [6.45, 7) is 0. The van der Waals surface area contributed by atoms with Crippen LogP contribution in [0, 0.1) is 22.7 Å². The van der Waals surface area contributed by atoms with Crippen molar-refractivity contribution < 1.29 is 31.1 Å². The summed E-state index contributed by atoms with van der Waals surface area (Å²) in [4.78, 5) is 17.1. The molecular formula is C22H15F6N5O. The number of rotatable bonds is 3. The number of alkyl halides is 6. The number of amides is 1. The van der Waals surface area contributed by atoms with E-state index in [2.05, 4.69) is 4.99 Å². The molecule has 2 aromatic carbocycles. The van der Waals surface area contributed by atoms with E-state index in [1.165, 1.54) is 36.4 Å². The molecule has 1 amide bonds. The third kappa shape index (κ3) is 3.81. The summed E-state index contributed by atoms with van der Waals surface area (Å²) in [7, 11) is 1.80. The van der Waals surface area contributed by atoms with Gasteiger partial charge in [-0.1, -0.05) is 0 Å². The van der Waals surface area contributed by atoms with Crippen LogP contribution in [0.3, 0.4) is 0 Å². The normalized spacial score (nSPS) is 17.5. The van der Waals surface area contributed by atoms with Gasteiger partial charge in [0.05, 0.1) is 23.3 Å². The number of carbonyl (C=O) groups is 1. The molecule has 1 aliphatic rings. The molecule has 34 heavy (non-hydrogen) atoms. The lowest BCUT2D eigenvalue weighted by Gasteiger charge is -2.42. The summed E-state index contributed by atoms with van der Waals surface area (Å²) < 4.78 is 85.2. The highest BCUT2D eigenvalue weighted by molar-refractivity contribution is 6.02. The van der Waals surface area contributed by atoms with Gasteiger partial charge in [0, 0.05) is 25.2 Å². The maximum Gasteiger partial charge on any atom is 0.426 e. The molecule has 0 saturated heterocycles. The standard InChI is InChI=1S/C22H15F6N5O/c1-32-17(15-7-3-13(11-29)4-8-15)31-20(21(23,24)25,22(26,27)28)19(32)33(2)18(34)16-9-5-14(12-30)6-10-16/h3-10,19H,1-2H3. The molecule has 0 saturated carbocycles. The zero-order chi connectivity index (χ0) is 25.5. The van der Waals surface area contributed by atoms with E-state index in [-0.39, 0.29) is 22.3 Å². The van der Waals surface area contributed by atoms with Crippen LogP contribution in [0.4, 0.5) is 26.3 Å². The second-order valence-corrected chi connectivity index (χ2v) is 7.48. The van der Waals surface area contributed by atoms with Crippen molar-refractivity contribution >= 4 is 11.7 Å². The zero-order valence-electron chi connectivity index (χ0n) is 17.6. The Bertz CT molecular complexity index is 1190. The van der Waals surface area contributed by atoms with E-state index in [4.69, 9.17) is 10.5 Å². The molecule has 0 radical (unpaired) electrons. The molecule has 12 heteroatoms. The number of aliphatic imine (C=N–C) groups is 1. The van der Waals surface area contributed by atoms with Crippen LogP contribution < -0.4 is 0 Å². The van der Waals surface area contributed by atoms with E-state index < -0.39 is 35.8 Å². The SMILES string of the molecule is CN(C(=O)c1ccc(C#N)cc1)C1N(C)C(c2ccc(C#N)cc2)=NC1(C(F)(F)F)C(F)(F)F. The number of carbonyl (C=O) groups excluding carboxylic acids is 1. The lowest BCUT2D eigenvalue weighted by Crippen LogP contribution is -2.69. The van der Waals surface area contributed by atoms with Gasteiger partial charge in [0.15, 0.2) is 0 Å². The van der Waals surface area contributed by atoms with Crippen LogP contribution in [0.15, 0.2) is 53.5 Å². The van der Waals surface area contributed by atoms with E-state index in [1.807, 2.05) is 0 Å². The first-order chi connectivity index (χ1) is 15.8. The fourth-order valence-corrected chi connectivity index (χ4v) is 3.78. The second-order valence-electron chi connectivity index (χ2n) is 7.48. The van der Waals surface area contributed by atoms with Crippen molar-refractivity contribution in [3.63, 3.8) is 0 Å². The number of likely N-dealkylation sites (N-methyl/N-ethyl adjacent to an activating group) is 2. The van der Waals surface area contributed by atoms with Crippen molar-refractivity contribution in [1.82, 2.24) is 9.80 Å². The van der Waals surface area contributed by atoms with E-state index in [0.717, 1.165) is 26.2 Å². The molecule has 3 rings (SSSR count). The van der Waals surface area contributed by atoms with Crippen molar-refractivity contribution in [3.8, 4) is 12.1 Å². The maximum absolute atomic E-state index is 14.2. The number of nitriles is 2. The van der Waals surface area contributed by atoms with Crippen molar-refractivity contribution in [2.75, 3.05) is 14.1 Å². The number of benzene rings is 2. The highest BCUT2D eigenvalue weighted by Gasteiger charge is 2.79. The second kappa shape index (κ2) is 8.37. The predicted octanol–water partition coefficient (Wildman–Crippen LogP) is 4.08. The van der Waals surface area contributed by atoms with Gasteiger partial charge in [-0.15, -0.1) is 0 Å². The molecule has 1 unspecified atom stereocenters. The molecule has 1 aliphatic heterocycles. The Labute approximate surface area is 189 Å². The minimum absolute atomic E-state index is 0.0962. The Balaban J connectivity index is 2.17. The predicted molar refractivity (Wildman–Crippen MR) is 107 cm³/mol. The molecule has 1 heterocycles. The number of halogens is 6. The monoisotopic (exact) mass is 479 g/mol. The first-order valence-corrected chi connectivity index (χ1v) is 9.52. The highest BCUT2D eigenvalue weighted by atomic mass is 19.4. The smallest absolute Gasteiger partial charge is 0.336 e. The largest absolute Gasteiger partial charge is 0.426 e. The summed E-state index contributed by atoms with van der Waals surface area (Å²) in [5.41, 5.74) is -4.65. The lowest BCUT2D eigenvalue weighted by atomic mass is 9.93. The van der Waals surface area contributed by atoms with E-state index in [1.54, 1.807) is 12.1 Å². The topological polar surface area (TPSA) is 83.5 Å². The van der Waals surface area contributed by atoms with Crippen LogP contribution >= 0.6 is 0 Å². The molecular weight excluding hydrogens is 464 g/mol. The van der Waals surface area contributed by atoms with Crippen LogP contribution in [0.1, 0.15) is 27.0 Å². The average Bonchev–Trinajstić information content (AvgIpc) is 3.12. The Morgan fingerprint density at radius 1 is 0.941 bits per heavy atom. The third-order valence-corrected chi connectivity index (χ3v) is 5.44. The summed E-state index contributed by atoms with van der Waals surface area (Å²) in [6.07, 6.45) is -14.4. The molecule has 0 N–H and O–H groups in total. The molecule has 0 bridgehead atoms. The number of hydrogen-bond acceptors (Lipinski definition) is 5. The molecule has 0 aromatic heterocycles. The number of hydrogen-bond donors (Lipinski definition) is 0. The molecule has 0 spiro atoms. The fraction of sp³-hybridized carbons (Fsp3) is 0.273. The molecule has 176 valence electrons. The zero-order valence-corrected chi connectivity index (χ0v) is 17.6. The molecule has 1 atom stereocenters. The first kappa shape index (κ1) is 24.6. The third-order valence-electron chi connectivity index (χ3n) is 5.44. The van der Waals surface area contributed by atoms with E-state index in [0.29, 0.717) is 9.80 Å². The van der Waals surface area contributed by atoms with Gasteiger partial charge in [0.25, 0.3) is 11.4 Å². The highest BCUT2D eigenvalue weighted by Crippen LogP contribution is 2.53. The minimum Gasteiger partial charge on any atom is -0.336 e. The van der Waals surface area contributed by atoms with Gasteiger partial charge in [-0.05, 0) is 48.5 Å². The Hall–Kier alpha value is -4.06. The van der Waals surface area contributed by atoms with Crippen molar-refractivity contribution in [1.29, 1.82) is 10.5 Å². The molecule has 6 nitrogen and oxygen atoms in total. The number of nitrogens with zero attached hydrogens (tertiary/aromatic N) is 5. The van der Waals surface area contributed by atoms with Crippen molar-refractivity contribution in [3.05, 3.63) is 70.8 Å². The van der Waals surface area contributed by atoms with Gasteiger partial charge in [-0.25, -0.2) is 4.99 Å². The van der Waals surface area contributed by atoms with Crippen LogP contribution in [0.5, 0.6) is 0 Å². The molecule has 2 aromatic rings. The number of amidine groups is 1. The van der Waals surface area contributed by atoms with Gasteiger partial charge < -0.3 is 9.80 Å². The summed E-state index contributed by atoms with van der Waals surface area (Å²) in [5, 5.41) is 17.8.